The summed E-state index contributed by atoms with van der Waals surface area (Å²) in [5.41, 5.74) is 5.85. The summed E-state index contributed by atoms with van der Waals surface area (Å²) in [5.74, 6) is 0.805. The average molecular weight is 455 g/mol. The van der Waals surface area contributed by atoms with E-state index in [1.807, 2.05) is 53.4 Å². The predicted molar refractivity (Wildman–Crippen MR) is 137 cm³/mol. The highest BCUT2D eigenvalue weighted by Gasteiger charge is 2.11. The van der Waals surface area contributed by atoms with Crippen molar-refractivity contribution in [1.82, 2.24) is 14.5 Å². The van der Waals surface area contributed by atoms with Gasteiger partial charge >= 0.3 is 0 Å². The van der Waals surface area contributed by atoms with Crippen LogP contribution in [-0.2, 0) is 4.79 Å². The second-order valence-corrected chi connectivity index (χ2v) is 8.83. The summed E-state index contributed by atoms with van der Waals surface area (Å²) in [6.07, 6.45) is 5.77. The lowest BCUT2D eigenvalue weighted by molar-refractivity contribution is -0.114. The summed E-state index contributed by atoms with van der Waals surface area (Å²) in [6.45, 7) is 5.57. The van der Waals surface area contributed by atoms with Gasteiger partial charge in [0.15, 0.2) is 0 Å². The van der Waals surface area contributed by atoms with Gasteiger partial charge in [-0.1, -0.05) is 30.7 Å². The molecule has 1 aromatic heterocycles. The van der Waals surface area contributed by atoms with Gasteiger partial charge < -0.3 is 10.1 Å². The van der Waals surface area contributed by atoms with Gasteiger partial charge in [-0.25, -0.2) is 4.98 Å². The Labute approximate surface area is 200 Å². The molecule has 1 saturated heterocycles. The molecule has 2 heterocycles. The number of rotatable bonds is 7. The van der Waals surface area contributed by atoms with E-state index >= 15 is 0 Å². The number of anilines is 1. The Bertz CT molecular complexity index is 1290. The number of nitrogens with zero attached hydrogens (tertiary/aromatic N) is 3. The van der Waals surface area contributed by atoms with E-state index < -0.39 is 0 Å². The van der Waals surface area contributed by atoms with Crippen molar-refractivity contribution >= 4 is 22.6 Å². The van der Waals surface area contributed by atoms with E-state index in [0.717, 1.165) is 45.8 Å². The fourth-order valence-electron chi connectivity index (χ4n) is 4.57. The number of hydrogen-bond donors (Lipinski definition) is 1. The molecule has 3 aromatic carbocycles. The first-order valence-electron chi connectivity index (χ1n) is 12.0. The van der Waals surface area contributed by atoms with Gasteiger partial charge in [-0.3, -0.25) is 14.3 Å². The largest absolute Gasteiger partial charge is 0.492 e. The topological polar surface area (TPSA) is 59.4 Å². The molecule has 0 saturated carbocycles. The van der Waals surface area contributed by atoms with Crippen LogP contribution in [0.25, 0.3) is 27.8 Å². The Morgan fingerprint density at radius 3 is 2.65 bits per heavy atom. The molecule has 5 rings (SSSR count). The zero-order valence-corrected chi connectivity index (χ0v) is 19.5. The number of carbonyl (C=O) groups is 1. The molecule has 174 valence electrons. The van der Waals surface area contributed by atoms with E-state index in [9.17, 15) is 4.79 Å². The van der Waals surface area contributed by atoms with E-state index in [1.54, 1.807) is 0 Å². The third kappa shape index (κ3) is 5.13. The molecule has 0 aliphatic carbocycles. The van der Waals surface area contributed by atoms with Crippen LogP contribution in [-0.4, -0.2) is 46.6 Å². The fraction of sp³-hybridized carbons (Fsp3) is 0.286. The molecule has 0 spiro atoms. The Hall–Kier alpha value is -3.64. The summed E-state index contributed by atoms with van der Waals surface area (Å²) in [7, 11) is 0. The van der Waals surface area contributed by atoms with Gasteiger partial charge in [-0.05, 0) is 79.5 Å². The maximum Gasteiger partial charge on any atom is 0.221 e. The molecular formula is C28H30N4O2. The van der Waals surface area contributed by atoms with E-state index in [-0.39, 0.29) is 5.91 Å². The van der Waals surface area contributed by atoms with Crippen LogP contribution < -0.4 is 10.1 Å². The summed E-state index contributed by atoms with van der Waals surface area (Å²) in [4.78, 5) is 18.5. The van der Waals surface area contributed by atoms with Crippen LogP contribution in [0.5, 0.6) is 5.75 Å². The average Bonchev–Trinajstić information content (AvgIpc) is 3.28. The number of piperidine rings is 1. The minimum atomic E-state index is -0.0899. The molecule has 1 amide bonds. The van der Waals surface area contributed by atoms with Gasteiger partial charge in [-0.15, -0.1) is 0 Å². The zero-order valence-electron chi connectivity index (χ0n) is 19.5. The molecule has 1 N–H and O–H groups in total. The number of nitrogens with one attached hydrogen (secondary N) is 1. The van der Waals surface area contributed by atoms with E-state index in [4.69, 9.17) is 4.74 Å². The third-order valence-electron chi connectivity index (χ3n) is 6.28. The number of amides is 1. The highest BCUT2D eigenvalue weighted by molar-refractivity contribution is 5.89. The molecule has 1 fully saturated rings. The van der Waals surface area contributed by atoms with E-state index in [1.165, 1.54) is 39.3 Å². The molecule has 0 unspecified atom stereocenters. The van der Waals surface area contributed by atoms with Gasteiger partial charge in [0, 0.05) is 24.8 Å². The summed E-state index contributed by atoms with van der Waals surface area (Å²) in [6, 6.07) is 22.4. The van der Waals surface area contributed by atoms with Crippen LogP contribution in [0.1, 0.15) is 26.2 Å². The highest BCUT2D eigenvalue weighted by Crippen LogP contribution is 2.28. The molecule has 0 atom stereocenters. The lowest BCUT2D eigenvalue weighted by atomic mass is 10.0. The zero-order chi connectivity index (χ0) is 23.3. The smallest absolute Gasteiger partial charge is 0.221 e. The molecule has 1 aliphatic heterocycles. The number of aromatic nitrogens is 2. The molecule has 34 heavy (non-hydrogen) atoms. The summed E-state index contributed by atoms with van der Waals surface area (Å²) >= 11 is 0. The highest BCUT2D eigenvalue weighted by atomic mass is 16.5. The van der Waals surface area contributed by atoms with Crippen molar-refractivity contribution in [3.05, 3.63) is 73.1 Å². The van der Waals surface area contributed by atoms with Gasteiger partial charge in [0.2, 0.25) is 5.91 Å². The van der Waals surface area contributed by atoms with Gasteiger partial charge in [0.1, 0.15) is 18.7 Å². The van der Waals surface area contributed by atoms with Crippen molar-refractivity contribution < 1.29 is 9.53 Å². The molecule has 4 aromatic rings. The van der Waals surface area contributed by atoms with E-state index in [0.29, 0.717) is 6.61 Å². The third-order valence-corrected chi connectivity index (χ3v) is 6.28. The van der Waals surface area contributed by atoms with Crippen molar-refractivity contribution in [1.29, 1.82) is 0 Å². The predicted octanol–water partition coefficient (Wildman–Crippen LogP) is 5.52. The number of ether oxygens (including phenoxy) is 1. The summed E-state index contributed by atoms with van der Waals surface area (Å²) in [5, 5.41) is 2.85. The normalized spacial score (nSPS) is 14.3. The maximum absolute atomic E-state index is 11.5. The van der Waals surface area contributed by atoms with Crippen molar-refractivity contribution in [2.75, 3.05) is 31.6 Å². The number of imidazole rings is 1. The Morgan fingerprint density at radius 2 is 1.79 bits per heavy atom. The van der Waals surface area contributed by atoms with Crippen LogP contribution in [0, 0.1) is 0 Å². The van der Waals surface area contributed by atoms with Crippen LogP contribution in [0.3, 0.4) is 0 Å². The SMILES string of the molecule is CC(=O)Nc1cccc(-n2cnc3ccc(-c4cccc(OCCN5CCCCC5)c4)cc32)c1. The molecule has 6 nitrogen and oxygen atoms in total. The number of benzene rings is 3. The number of carbonyl (C=O) groups excluding carboxylic acids is 1. The Kier molecular flexibility index (Phi) is 6.58. The molecule has 0 radical (unpaired) electrons. The number of hydrogen-bond acceptors (Lipinski definition) is 4. The van der Waals surface area contributed by atoms with Crippen LogP contribution in [0.4, 0.5) is 5.69 Å². The first-order chi connectivity index (χ1) is 16.7. The van der Waals surface area contributed by atoms with Crippen molar-refractivity contribution in [3.63, 3.8) is 0 Å². The van der Waals surface area contributed by atoms with Crippen molar-refractivity contribution in [2.45, 2.75) is 26.2 Å². The van der Waals surface area contributed by atoms with Crippen LogP contribution in [0.2, 0.25) is 0 Å². The number of likely N-dealkylation sites (tertiary alicyclic amines) is 1. The van der Waals surface area contributed by atoms with Gasteiger partial charge in [-0.2, -0.15) is 0 Å². The lowest BCUT2D eigenvalue weighted by Gasteiger charge is -2.26. The minimum Gasteiger partial charge on any atom is -0.492 e. The molecular weight excluding hydrogens is 424 g/mol. The standard InChI is InChI=1S/C28H30N4O2/c1-21(33)30-24-8-6-9-25(19-24)32-20-29-27-12-11-23(18-28(27)32)22-7-5-10-26(17-22)34-16-15-31-13-3-2-4-14-31/h5-12,17-20H,2-4,13-16H2,1H3,(H,30,33). The van der Waals surface area contributed by atoms with Crippen molar-refractivity contribution in [2.24, 2.45) is 0 Å². The van der Waals surface area contributed by atoms with Gasteiger partial charge in [0.05, 0.1) is 11.0 Å². The minimum absolute atomic E-state index is 0.0899. The Morgan fingerprint density at radius 1 is 0.971 bits per heavy atom. The first-order valence-corrected chi connectivity index (χ1v) is 12.0. The second-order valence-electron chi connectivity index (χ2n) is 8.83. The molecule has 1 aliphatic rings. The maximum atomic E-state index is 11.5. The Balaban J connectivity index is 1.36. The fourth-order valence-corrected chi connectivity index (χ4v) is 4.57. The van der Waals surface area contributed by atoms with Crippen molar-refractivity contribution in [3.8, 4) is 22.6 Å². The monoisotopic (exact) mass is 454 g/mol. The molecule has 6 heteroatoms. The lowest BCUT2D eigenvalue weighted by Crippen LogP contribution is -2.33. The molecule has 0 bridgehead atoms. The van der Waals surface area contributed by atoms with Gasteiger partial charge in [0.25, 0.3) is 0 Å². The van der Waals surface area contributed by atoms with E-state index in [2.05, 4.69) is 39.5 Å². The summed E-state index contributed by atoms with van der Waals surface area (Å²) < 4.78 is 8.13. The van der Waals surface area contributed by atoms with Crippen LogP contribution >= 0.6 is 0 Å². The quantitative estimate of drug-likeness (QED) is 0.400. The number of fused-ring (bicyclic) bond motifs is 1. The van der Waals surface area contributed by atoms with Crippen LogP contribution in [0.15, 0.2) is 73.1 Å². The first kappa shape index (κ1) is 22.2. The second kappa shape index (κ2) is 10.1.